The van der Waals surface area contributed by atoms with E-state index in [1.807, 2.05) is 6.08 Å². The number of hydrogen-bond acceptors (Lipinski definition) is 5. The lowest BCUT2D eigenvalue weighted by molar-refractivity contribution is -0.143. The molecule has 0 aliphatic rings. The highest BCUT2D eigenvalue weighted by Crippen LogP contribution is 2.20. The third-order valence-electron chi connectivity index (χ3n) is 17.6. The Bertz CT molecular complexity index is 1210. The number of unbranched alkanes of at least 4 members (excludes halogenated alkanes) is 59. The van der Waals surface area contributed by atoms with Crippen molar-refractivity contribution in [1.82, 2.24) is 5.32 Å². The molecule has 1 amide bonds. The molecule has 0 aromatic carbocycles. The number of ether oxygens (including phenoxy) is 1. The zero-order valence-corrected chi connectivity index (χ0v) is 54.6. The molecule has 6 heteroatoms. The molecule has 3 N–H and O–H groups in total. The number of carbonyl (C=O) groups excluding carboxylic acids is 2. The summed E-state index contributed by atoms with van der Waals surface area (Å²) in [5, 5.41) is 23.3. The summed E-state index contributed by atoms with van der Waals surface area (Å²) in [4.78, 5) is 24.6. The molecule has 0 heterocycles. The van der Waals surface area contributed by atoms with Gasteiger partial charge in [0.25, 0.3) is 0 Å². The normalized spacial score (nSPS) is 12.5. The number of nitrogens with one attached hydrogen (secondary N) is 1. The summed E-state index contributed by atoms with van der Waals surface area (Å²) in [7, 11) is 0. The van der Waals surface area contributed by atoms with E-state index in [2.05, 4.69) is 19.2 Å². The molecule has 0 aliphatic carbocycles. The van der Waals surface area contributed by atoms with Crippen LogP contribution in [-0.4, -0.2) is 47.4 Å². The molecule has 0 saturated heterocycles. The van der Waals surface area contributed by atoms with Crippen LogP contribution in [0, 0.1) is 0 Å². The van der Waals surface area contributed by atoms with E-state index in [4.69, 9.17) is 4.74 Å². The van der Waals surface area contributed by atoms with Gasteiger partial charge in [0, 0.05) is 12.8 Å². The monoisotopic (exact) mass is 1130 g/mol. The first kappa shape index (κ1) is 78.6. The average molecular weight is 1130 g/mol. The summed E-state index contributed by atoms with van der Waals surface area (Å²) in [6.45, 7) is 4.96. The number of rotatable bonds is 70. The Kier molecular flexibility index (Phi) is 68.9. The van der Waals surface area contributed by atoms with Gasteiger partial charge in [0.05, 0.1) is 25.4 Å². The number of carbonyl (C=O) groups is 2. The van der Waals surface area contributed by atoms with E-state index in [0.717, 1.165) is 38.5 Å². The Hall–Kier alpha value is -1.40. The van der Waals surface area contributed by atoms with E-state index < -0.39 is 12.1 Å². The van der Waals surface area contributed by atoms with Crippen molar-refractivity contribution in [3.05, 3.63) is 12.2 Å². The van der Waals surface area contributed by atoms with Crippen LogP contribution in [0.1, 0.15) is 425 Å². The fourth-order valence-electron chi connectivity index (χ4n) is 11.9. The van der Waals surface area contributed by atoms with E-state index in [-0.39, 0.29) is 18.5 Å². The van der Waals surface area contributed by atoms with Gasteiger partial charge >= 0.3 is 5.97 Å². The van der Waals surface area contributed by atoms with Crippen molar-refractivity contribution in [1.29, 1.82) is 0 Å². The topological polar surface area (TPSA) is 95.9 Å². The molecular formula is C74H145NO5. The molecule has 0 spiro atoms. The van der Waals surface area contributed by atoms with E-state index in [1.165, 1.54) is 360 Å². The Morgan fingerprint density at radius 3 is 0.850 bits per heavy atom. The van der Waals surface area contributed by atoms with Gasteiger partial charge in [0.1, 0.15) is 0 Å². The fraction of sp³-hybridized carbons (Fsp3) is 0.946. The van der Waals surface area contributed by atoms with Crippen LogP contribution in [0.5, 0.6) is 0 Å². The van der Waals surface area contributed by atoms with Crippen molar-refractivity contribution in [2.75, 3.05) is 13.2 Å². The van der Waals surface area contributed by atoms with E-state index >= 15 is 0 Å². The maximum absolute atomic E-state index is 12.5. The first-order chi connectivity index (χ1) is 39.5. The predicted molar refractivity (Wildman–Crippen MR) is 352 cm³/mol. The number of allylic oxidation sites excluding steroid dienone is 1. The summed E-state index contributed by atoms with van der Waals surface area (Å²) in [5.74, 6) is -0.0414. The molecule has 0 radical (unpaired) electrons. The van der Waals surface area contributed by atoms with Crippen LogP contribution in [0.3, 0.4) is 0 Å². The van der Waals surface area contributed by atoms with Gasteiger partial charge in [-0.2, -0.15) is 0 Å². The second kappa shape index (κ2) is 70.1. The van der Waals surface area contributed by atoms with Crippen molar-refractivity contribution in [2.45, 2.75) is 437 Å². The van der Waals surface area contributed by atoms with Crippen LogP contribution in [-0.2, 0) is 14.3 Å². The molecule has 0 aromatic heterocycles. The van der Waals surface area contributed by atoms with Gasteiger partial charge < -0.3 is 20.3 Å². The Morgan fingerprint density at radius 1 is 0.338 bits per heavy atom. The summed E-state index contributed by atoms with van der Waals surface area (Å²) in [5.41, 5.74) is 0. The molecule has 6 nitrogen and oxygen atoms in total. The first-order valence-electron chi connectivity index (χ1n) is 37.0. The predicted octanol–water partition coefficient (Wildman–Crippen LogP) is 23.9. The smallest absolute Gasteiger partial charge is 0.305 e. The first-order valence-corrected chi connectivity index (χ1v) is 37.0. The van der Waals surface area contributed by atoms with E-state index in [9.17, 15) is 19.8 Å². The molecule has 0 rings (SSSR count). The quantitative estimate of drug-likeness (QED) is 0.0320. The molecule has 0 fully saturated rings. The summed E-state index contributed by atoms with van der Waals surface area (Å²) in [6.07, 6.45) is 87.3. The molecule has 0 bridgehead atoms. The van der Waals surface area contributed by atoms with Crippen LogP contribution in [0.4, 0.5) is 0 Å². The molecule has 0 aromatic rings. The minimum absolute atomic E-state index is 0.0195. The lowest BCUT2D eigenvalue weighted by Gasteiger charge is -2.20. The van der Waals surface area contributed by atoms with Gasteiger partial charge in [0.2, 0.25) is 5.91 Å². The number of aliphatic hydroxyl groups excluding tert-OH is 2. The second-order valence-electron chi connectivity index (χ2n) is 25.6. The van der Waals surface area contributed by atoms with Gasteiger partial charge in [-0.1, -0.05) is 392 Å². The zero-order chi connectivity index (χ0) is 57.8. The highest BCUT2D eigenvalue weighted by atomic mass is 16.5. The standard InChI is InChI=1S/C74H145NO5/c1-3-5-7-9-11-13-15-17-19-20-21-22-23-27-30-33-36-39-42-46-50-54-58-62-66-72(77)71(70-76)75-73(78)67-63-59-55-51-47-43-40-37-34-31-28-25-24-26-29-32-35-38-41-45-49-53-57-61-65-69-80-74(79)68-64-60-56-52-48-44-18-16-14-12-10-8-6-4-2/h62,66,71-72,76-77H,3-61,63-65,67-70H2,1-2H3,(H,75,78)/b66-62+. The van der Waals surface area contributed by atoms with Crippen LogP contribution in [0.15, 0.2) is 12.2 Å². The third kappa shape index (κ3) is 65.7. The number of aliphatic hydroxyl groups is 2. The van der Waals surface area contributed by atoms with Crippen molar-refractivity contribution in [2.24, 2.45) is 0 Å². The molecule has 476 valence electrons. The fourth-order valence-corrected chi connectivity index (χ4v) is 11.9. The molecular weight excluding hydrogens is 983 g/mol. The van der Waals surface area contributed by atoms with Gasteiger partial charge in [0.15, 0.2) is 0 Å². The SMILES string of the molecule is CCCCCCCCCCCCCCCCCCCCCCCC/C=C/C(O)C(CO)NC(=O)CCCCCCCCCCCCCCCCCCCCCCCCCCCOC(=O)CCCCCCCCCCCCCCCC. The van der Waals surface area contributed by atoms with Crippen LogP contribution in [0.2, 0.25) is 0 Å². The molecule has 2 unspecified atom stereocenters. The Labute approximate surface area is 501 Å². The Morgan fingerprint density at radius 2 is 0.575 bits per heavy atom. The van der Waals surface area contributed by atoms with Crippen molar-refractivity contribution >= 4 is 11.9 Å². The van der Waals surface area contributed by atoms with Gasteiger partial charge in [-0.15, -0.1) is 0 Å². The minimum atomic E-state index is -0.844. The number of amides is 1. The average Bonchev–Trinajstić information content (AvgIpc) is 3.46. The van der Waals surface area contributed by atoms with Gasteiger partial charge in [-0.25, -0.2) is 0 Å². The van der Waals surface area contributed by atoms with Crippen molar-refractivity contribution in [3.63, 3.8) is 0 Å². The van der Waals surface area contributed by atoms with Gasteiger partial charge in [-0.3, -0.25) is 9.59 Å². The summed E-state index contributed by atoms with van der Waals surface area (Å²) < 4.78 is 5.50. The zero-order valence-electron chi connectivity index (χ0n) is 54.6. The second-order valence-corrected chi connectivity index (χ2v) is 25.6. The number of hydrogen-bond donors (Lipinski definition) is 3. The van der Waals surface area contributed by atoms with Crippen LogP contribution in [0.25, 0.3) is 0 Å². The summed E-state index contributed by atoms with van der Waals surface area (Å²) >= 11 is 0. The van der Waals surface area contributed by atoms with Crippen LogP contribution >= 0.6 is 0 Å². The maximum Gasteiger partial charge on any atom is 0.305 e. The Balaban J connectivity index is 3.38. The van der Waals surface area contributed by atoms with E-state index in [0.29, 0.717) is 19.4 Å². The third-order valence-corrected chi connectivity index (χ3v) is 17.6. The molecule has 0 aliphatic heterocycles. The maximum atomic E-state index is 12.5. The minimum Gasteiger partial charge on any atom is -0.466 e. The summed E-state index contributed by atoms with van der Waals surface area (Å²) in [6, 6.07) is -0.627. The number of esters is 1. The van der Waals surface area contributed by atoms with Crippen molar-refractivity contribution < 1.29 is 24.5 Å². The molecule has 2 atom stereocenters. The van der Waals surface area contributed by atoms with Crippen LogP contribution < -0.4 is 5.32 Å². The molecule has 80 heavy (non-hydrogen) atoms. The lowest BCUT2D eigenvalue weighted by Crippen LogP contribution is -2.45. The highest BCUT2D eigenvalue weighted by molar-refractivity contribution is 5.76. The highest BCUT2D eigenvalue weighted by Gasteiger charge is 2.18. The van der Waals surface area contributed by atoms with Crippen molar-refractivity contribution in [3.8, 4) is 0 Å². The van der Waals surface area contributed by atoms with E-state index in [1.54, 1.807) is 6.08 Å². The lowest BCUT2D eigenvalue weighted by atomic mass is 10.0. The van der Waals surface area contributed by atoms with Gasteiger partial charge in [-0.05, 0) is 32.1 Å². The largest absolute Gasteiger partial charge is 0.466 e. The molecule has 0 saturated carbocycles.